The highest BCUT2D eigenvalue weighted by Crippen LogP contribution is 2.27. The molecule has 3 rings (SSSR count). The maximum absolute atomic E-state index is 13.7. The van der Waals surface area contributed by atoms with Gasteiger partial charge in [0.1, 0.15) is 11.8 Å². The molecule has 3 aromatic rings. The fourth-order valence-electron chi connectivity index (χ4n) is 3.78. The zero-order valence-corrected chi connectivity index (χ0v) is 22.4. The molecule has 7 heteroatoms. The van der Waals surface area contributed by atoms with Crippen LogP contribution >= 0.6 is 23.2 Å². The van der Waals surface area contributed by atoms with Gasteiger partial charge in [-0.25, -0.2) is 0 Å². The number of nitrogens with zero attached hydrogens (tertiary/aromatic N) is 1. The predicted octanol–water partition coefficient (Wildman–Crippen LogP) is 6.24. The lowest BCUT2D eigenvalue weighted by atomic mass is 10.0. The second-order valence-corrected chi connectivity index (χ2v) is 9.66. The van der Waals surface area contributed by atoms with Crippen LogP contribution in [0.25, 0.3) is 0 Å². The quantitative estimate of drug-likeness (QED) is 0.322. The number of aryl methyl sites for hydroxylation is 1. The number of carbonyl (C=O) groups excluding carboxylic acids is 2. The fourth-order valence-corrected chi connectivity index (χ4v) is 4.30. The molecule has 0 saturated carbocycles. The van der Waals surface area contributed by atoms with Crippen molar-refractivity contribution in [2.24, 2.45) is 0 Å². The summed E-state index contributed by atoms with van der Waals surface area (Å²) in [4.78, 5) is 28.7. The molecule has 0 aromatic heterocycles. The van der Waals surface area contributed by atoms with Gasteiger partial charge in [0, 0.05) is 34.6 Å². The van der Waals surface area contributed by atoms with Crippen LogP contribution in [0.1, 0.15) is 37.0 Å². The summed E-state index contributed by atoms with van der Waals surface area (Å²) in [6, 6.07) is 21.5. The smallest absolute Gasteiger partial charge is 0.261 e. The molecule has 0 unspecified atom stereocenters. The molecular formula is C29H32Cl2N2O3. The zero-order chi connectivity index (χ0) is 26.1. The molecule has 0 radical (unpaired) electrons. The second-order valence-electron chi connectivity index (χ2n) is 8.85. The first-order chi connectivity index (χ1) is 17.3. The summed E-state index contributed by atoms with van der Waals surface area (Å²) in [5.41, 5.74) is 2.54. The van der Waals surface area contributed by atoms with Gasteiger partial charge in [0.05, 0.1) is 0 Å². The highest BCUT2D eigenvalue weighted by molar-refractivity contribution is 6.36. The van der Waals surface area contributed by atoms with E-state index in [1.807, 2.05) is 69.3 Å². The summed E-state index contributed by atoms with van der Waals surface area (Å²) in [6.45, 7) is 5.73. The summed E-state index contributed by atoms with van der Waals surface area (Å²) >= 11 is 12.9. The van der Waals surface area contributed by atoms with Crippen molar-refractivity contribution >= 4 is 35.0 Å². The molecule has 2 amide bonds. The molecule has 0 saturated heterocycles. The summed E-state index contributed by atoms with van der Waals surface area (Å²) < 4.78 is 5.82. The number of halogens is 2. The lowest BCUT2D eigenvalue weighted by Gasteiger charge is -2.32. The Labute approximate surface area is 223 Å². The highest BCUT2D eigenvalue weighted by atomic mass is 35.5. The van der Waals surface area contributed by atoms with E-state index in [0.717, 1.165) is 17.5 Å². The molecule has 0 fully saturated rings. The fraction of sp³-hybridized carbons (Fsp3) is 0.310. The van der Waals surface area contributed by atoms with Crippen molar-refractivity contribution in [2.45, 2.75) is 52.2 Å². The van der Waals surface area contributed by atoms with Gasteiger partial charge >= 0.3 is 0 Å². The topological polar surface area (TPSA) is 58.6 Å². The van der Waals surface area contributed by atoms with Crippen molar-refractivity contribution in [3.8, 4) is 5.75 Å². The maximum atomic E-state index is 13.7. The number of nitrogens with one attached hydrogen (secondary N) is 1. The van der Waals surface area contributed by atoms with Gasteiger partial charge in [-0.3, -0.25) is 9.59 Å². The van der Waals surface area contributed by atoms with Crippen molar-refractivity contribution in [3.63, 3.8) is 0 Å². The van der Waals surface area contributed by atoms with Crippen LogP contribution in [0.3, 0.4) is 0 Å². The Morgan fingerprint density at radius 2 is 1.64 bits per heavy atom. The van der Waals surface area contributed by atoms with E-state index in [1.165, 1.54) is 4.90 Å². The first-order valence-corrected chi connectivity index (χ1v) is 12.8. The number of ether oxygens (including phenoxy) is 1. The van der Waals surface area contributed by atoms with Crippen molar-refractivity contribution in [2.75, 3.05) is 6.61 Å². The third-order valence-electron chi connectivity index (χ3n) is 6.01. The molecule has 0 heterocycles. The van der Waals surface area contributed by atoms with Gasteiger partial charge in [0.15, 0.2) is 6.61 Å². The Morgan fingerprint density at radius 1 is 0.972 bits per heavy atom. The standard InChI is InChI=1S/C29H32Cl2N2O3/c1-4-21(3)32-29(35)27(17-22-11-6-5-7-12-22)33(18-24-25(30)14-9-15-26(24)31)28(34)19-36-23-13-8-10-20(2)16-23/h5-16,21,27H,4,17-19H2,1-3H3,(H,32,35)/t21-,27-/m0/s1. The number of hydrogen-bond donors (Lipinski definition) is 1. The molecular weight excluding hydrogens is 495 g/mol. The number of rotatable bonds is 11. The van der Waals surface area contributed by atoms with Gasteiger partial charge in [-0.2, -0.15) is 0 Å². The van der Waals surface area contributed by atoms with Crippen LogP contribution in [0.5, 0.6) is 5.75 Å². The first-order valence-electron chi connectivity index (χ1n) is 12.0. The molecule has 0 bridgehead atoms. The van der Waals surface area contributed by atoms with Crippen LogP contribution < -0.4 is 10.1 Å². The van der Waals surface area contributed by atoms with E-state index in [-0.39, 0.29) is 31.0 Å². The van der Waals surface area contributed by atoms with Crippen molar-refractivity contribution in [1.82, 2.24) is 10.2 Å². The molecule has 3 aromatic carbocycles. The largest absolute Gasteiger partial charge is 0.484 e. The molecule has 36 heavy (non-hydrogen) atoms. The van der Waals surface area contributed by atoms with Crippen molar-refractivity contribution in [1.29, 1.82) is 0 Å². The molecule has 0 aliphatic heterocycles. The molecule has 0 spiro atoms. The SMILES string of the molecule is CC[C@H](C)NC(=O)[C@H](Cc1ccccc1)N(Cc1c(Cl)cccc1Cl)C(=O)COc1cccc(C)c1. The summed E-state index contributed by atoms with van der Waals surface area (Å²) in [5.74, 6) is 0.00996. The van der Waals surface area contributed by atoms with E-state index in [4.69, 9.17) is 27.9 Å². The van der Waals surface area contributed by atoms with Crippen molar-refractivity contribution < 1.29 is 14.3 Å². The first kappa shape index (κ1) is 27.6. The maximum Gasteiger partial charge on any atom is 0.261 e. The van der Waals surface area contributed by atoms with Crippen LogP contribution in [0.2, 0.25) is 10.0 Å². The van der Waals surface area contributed by atoms with Crippen LogP contribution in [-0.4, -0.2) is 35.4 Å². The average molecular weight is 527 g/mol. The molecule has 190 valence electrons. The molecule has 0 aliphatic rings. The minimum atomic E-state index is -0.789. The van der Waals surface area contributed by atoms with E-state index in [0.29, 0.717) is 27.8 Å². The third-order valence-corrected chi connectivity index (χ3v) is 6.72. The Bertz CT molecular complexity index is 1150. The Balaban J connectivity index is 1.96. The van der Waals surface area contributed by atoms with E-state index in [2.05, 4.69) is 5.32 Å². The third kappa shape index (κ3) is 7.74. The second kappa shape index (κ2) is 13.3. The zero-order valence-electron chi connectivity index (χ0n) is 20.8. The lowest BCUT2D eigenvalue weighted by Crippen LogP contribution is -2.53. The lowest BCUT2D eigenvalue weighted by molar-refractivity contribution is -0.143. The normalized spacial score (nSPS) is 12.5. The molecule has 2 atom stereocenters. The minimum Gasteiger partial charge on any atom is -0.484 e. The van der Waals surface area contributed by atoms with Crippen LogP contribution in [0.4, 0.5) is 0 Å². The van der Waals surface area contributed by atoms with Gasteiger partial charge < -0.3 is 15.0 Å². The van der Waals surface area contributed by atoms with Gasteiger partial charge in [0.25, 0.3) is 5.91 Å². The predicted molar refractivity (Wildman–Crippen MR) is 146 cm³/mol. The minimum absolute atomic E-state index is 0.0415. The van der Waals surface area contributed by atoms with Crippen LogP contribution in [-0.2, 0) is 22.6 Å². The highest BCUT2D eigenvalue weighted by Gasteiger charge is 2.32. The Hall–Kier alpha value is -3.02. The van der Waals surface area contributed by atoms with E-state index in [1.54, 1.807) is 24.3 Å². The Morgan fingerprint density at radius 3 is 2.28 bits per heavy atom. The van der Waals surface area contributed by atoms with E-state index in [9.17, 15) is 9.59 Å². The molecule has 5 nitrogen and oxygen atoms in total. The Kier molecular flexibility index (Phi) is 10.2. The average Bonchev–Trinajstić information content (AvgIpc) is 2.86. The van der Waals surface area contributed by atoms with E-state index >= 15 is 0 Å². The number of amides is 2. The summed E-state index contributed by atoms with van der Waals surface area (Å²) in [5, 5.41) is 3.90. The van der Waals surface area contributed by atoms with E-state index < -0.39 is 6.04 Å². The van der Waals surface area contributed by atoms with Crippen LogP contribution in [0.15, 0.2) is 72.8 Å². The monoisotopic (exact) mass is 526 g/mol. The number of carbonyl (C=O) groups is 2. The van der Waals surface area contributed by atoms with Crippen LogP contribution in [0, 0.1) is 6.92 Å². The van der Waals surface area contributed by atoms with Gasteiger partial charge in [0.2, 0.25) is 5.91 Å². The molecule has 1 N–H and O–H groups in total. The van der Waals surface area contributed by atoms with Gasteiger partial charge in [-0.1, -0.05) is 78.7 Å². The summed E-state index contributed by atoms with van der Waals surface area (Å²) in [7, 11) is 0. The number of benzene rings is 3. The molecule has 0 aliphatic carbocycles. The van der Waals surface area contributed by atoms with Gasteiger partial charge in [-0.15, -0.1) is 0 Å². The number of hydrogen-bond acceptors (Lipinski definition) is 3. The summed E-state index contributed by atoms with van der Waals surface area (Å²) in [6.07, 6.45) is 1.10. The van der Waals surface area contributed by atoms with Crippen molar-refractivity contribution in [3.05, 3.63) is 99.5 Å². The van der Waals surface area contributed by atoms with Gasteiger partial charge in [-0.05, 0) is 55.7 Å².